The topological polar surface area (TPSA) is 274 Å². The molecule has 0 bridgehead atoms. The Labute approximate surface area is 291 Å². The van der Waals surface area contributed by atoms with E-state index in [9.17, 15) is 24.0 Å². The highest BCUT2D eigenvalue weighted by molar-refractivity contribution is 6.00. The third kappa shape index (κ3) is 11.2. The molecule has 17 nitrogen and oxygen atoms in total. The largest absolute Gasteiger partial charge is 0.423 e. The van der Waals surface area contributed by atoms with Crippen LogP contribution in [0.25, 0.3) is 11.0 Å². The van der Waals surface area contributed by atoms with Gasteiger partial charge in [-0.25, -0.2) is 4.79 Å². The summed E-state index contributed by atoms with van der Waals surface area (Å²) >= 11 is 0. The molecule has 1 aromatic heterocycles. The number of benzene rings is 1. The molecule has 0 unspecified atom stereocenters. The van der Waals surface area contributed by atoms with Gasteiger partial charge in [0.2, 0.25) is 23.6 Å². The zero-order valence-corrected chi connectivity index (χ0v) is 29.1. The van der Waals surface area contributed by atoms with Crippen molar-refractivity contribution in [2.75, 3.05) is 32.0 Å². The number of carbonyl (C=O) groups is 4. The van der Waals surface area contributed by atoms with Crippen LogP contribution in [0, 0.1) is 23.7 Å². The number of amides is 4. The van der Waals surface area contributed by atoms with Gasteiger partial charge in [0.05, 0.1) is 6.04 Å². The molecule has 0 saturated carbocycles. The lowest BCUT2D eigenvalue weighted by Gasteiger charge is -2.31. The number of nitrogens with two attached hydrogens (primary N) is 2. The van der Waals surface area contributed by atoms with Gasteiger partial charge in [0.25, 0.3) is 0 Å². The normalized spacial score (nSPS) is 15.9. The van der Waals surface area contributed by atoms with E-state index in [0.717, 1.165) is 10.9 Å². The maximum atomic E-state index is 14.0. The minimum atomic E-state index is -0.961. The number of fused-ring (bicyclic) bond motifs is 1. The van der Waals surface area contributed by atoms with E-state index < -0.39 is 53.4 Å². The van der Waals surface area contributed by atoms with E-state index in [2.05, 4.69) is 31.9 Å². The van der Waals surface area contributed by atoms with Crippen LogP contribution in [0.4, 0.5) is 5.69 Å². The van der Waals surface area contributed by atoms with E-state index in [0.29, 0.717) is 63.0 Å². The maximum absolute atomic E-state index is 14.0. The SMILES string of the molecule is CN[C@@H](CCCNC(=N)N)C(=O)N[C@@H](CCCNC(=N)N)C(=O)N1CCC[C@H]1C(=O)N[C@H](C(=O)Nc1ccc2c(C)cc(=O)oc2c1)C(C)C. The Kier molecular flexibility index (Phi) is 14.6. The summed E-state index contributed by atoms with van der Waals surface area (Å²) in [6, 6.07) is 2.98. The minimum Gasteiger partial charge on any atom is -0.423 e. The van der Waals surface area contributed by atoms with Crippen molar-refractivity contribution in [3.63, 3.8) is 0 Å². The van der Waals surface area contributed by atoms with Gasteiger partial charge in [-0.15, -0.1) is 0 Å². The smallest absolute Gasteiger partial charge is 0.336 e. The molecule has 2 aromatic rings. The summed E-state index contributed by atoms with van der Waals surface area (Å²) < 4.78 is 5.30. The van der Waals surface area contributed by atoms with E-state index in [1.54, 1.807) is 46.0 Å². The van der Waals surface area contributed by atoms with Crippen LogP contribution < -0.4 is 49.0 Å². The van der Waals surface area contributed by atoms with Gasteiger partial charge in [-0.05, 0) is 76.1 Å². The van der Waals surface area contributed by atoms with Crippen molar-refractivity contribution in [3.05, 3.63) is 40.2 Å². The van der Waals surface area contributed by atoms with Crippen LogP contribution in [0.5, 0.6) is 0 Å². The van der Waals surface area contributed by atoms with Gasteiger partial charge in [0.1, 0.15) is 23.7 Å². The number of hydrogen-bond donors (Lipinski definition) is 10. The highest BCUT2D eigenvalue weighted by Crippen LogP contribution is 2.23. The molecule has 0 spiro atoms. The number of likely N-dealkylation sites (N-methyl/N-ethyl adjacent to an activating group) is 1. The zero-order chi connectivity index (χ0) is 37.0. The summed E-state index contributed by atoms with van der Waals surface area (Å²) in [6.45, 7) is 6.37. The number of nitrogens with zero attached hydrogens (tertiary/aromatic N) is 1. The summed E-state index contributed by atoms with van der Waals surface area (Å²) in [7, 11) is 1.64. The molecule has 274 valence electrons. The zero-order valence-electron chi connectivity index (χ0n) is 29.1. The number of likely N-dealkylation sites (tertiary alicyclic amines) is 1. The summed E-state index contributed by atoms with van der Waals surface area (Å²) in [5.74, 6) is -2.47. The molecule has 1 aliphatic heterocycles. The highest BCUT2D eigenvalue weighted by Gasteiger charge is 2.39. The first kappa shape index (κ1) is 39.3. The molecule has 1 aromatic carbocycles. The lowest BCUT2D eigenvalue weighted by Crippen LogP contribution is -2.57. The van der Waals surface area contributed by atoms with Crippen molar-refractivity contribution >= 4 is 52.2 Å². The fourth-order valence-corrected chi connectivity index (χ4v) is 5.91. The molecular weight excluding hydrogens is 646 g/mol. The molecule has 12 N–H and O–H groups in total. The Bertz CT molecular complexity index is 1610. The Balaban J connectivity index is 1.72. The number of anilines is 1. The van der Waals surface area contributed by atoms with Gasteiger partial charge >= 0.3 is 5.63 Å². The molecular formula is C33H51N11O6. The number of guanidine groups is 2. The van der Waals surface area contributed by atoms with Crippen LogP contribution in [0.1, 0.15) is 57.9 Å². The van der Waals surface area contributed by atoms with E-state index >= 15 is 0 Å². The number of carbonyl (C=O) groups excluding carboxylic acids is 4. The average Bonchev–Trinajstić information content (AvgIpc) is 3.54. The standard InChI is InChI=1S/C33H51N11O6/c1-18(2)27(30(48)41-20-11-12-21-19(3)16-26(45)50-25(21)17-20)43-29(47)24-10-7-15-44(24)31(49)23(9-6-14-40-33(36)37)42-28(46)22(38-4)8-5-13-39-32(34)35/h11-12,16-18,22-24,27,38H,5-10,13-15H2,1-4H3,(H,41,48)(H,42,46)(H,43,47)(H4,34,35,39)(H4,36,37,40)/t22-,23-,24-,27-/m0/s1. The molecule has 0 aliphatic carbocycles. The van der Waals surface area contributed by atoms with Gasteiger partial charge in [-0.1, -0.05) is 13.8 Å². The molecule has 4 amide bonds. The van der Waals surface area contributed by atoms with Crippen molar-refractivity contribution < 1.29 is 23.6 Å². The van der Waals surface area contributed by atoms with E-state index in [1.165, 1.54) is 11.0 Å². The molecule has 17 heteroatoms. The molecule has 3 rings (SSSR count). The van der Waals surface area contributed by atoms with Gasteiger partial charge in [-0.2, -0.15) is 0 Å². The summed E-state index contributed by atoms with van der Waals surface area (Å²) in [5.41, 5.74) is 11.7. The molecule has 1 fully saturated rings. The van der Waals surface area contributed by atoms with Crippen LogP contribution in [0.2, 0.25) is 0 Å². The van der Waals surface area contributed by atoms with Crippen molar-refractivity contribution in [1.29, 1.82) is 10.8 Å². The molecule has 0 radical (unpaired) electrons. The third-order valence-electron chi connectivity index (χ3n) is 8.55. The predicted octanol–water partition coefficient (Wildman–Crippen LogP) is -0.229. The van der Waals surface area contributed by atoms with Crippen LogP contribution >= 0.6 is 0 Å². The third-order valence-corrected chi connectivity index (χ3v) is 8.55. The monoisotopic (exact) mass is 697 g/mol. The number of nitrogens with one attached hydrogen (secondary N) is 8. The molecule has 50 heavy (non-hydrogen) atoms. The van der Waals surface area contributed by atoms with E-state index in [1.807, 2.05) is 0 Å². The molecule has 1 saturated heterocycles. The summed E-state index contributed by atoms with van der Waals surface area (Å²) in [5, 5.41) is 32.3. The number of aryl methyl sites for hydroxylation is 1. The van der Waals surface area contributed by atoms with Crippen LogP contribution in [-0.4, -0.2) is 91.3 Å². The van der Waals surface area contributed by atoms with Crippen molar-refractivity contribution in [3.8, 4) is 0 Å². The van der Waals surface area contributed by atoms with E-state index in [-0.39, 0.29) is 24.3 Å². The van der Waals surface area contributed by atoms with Gasteiger partial charge in [0.15, 0.2) is 11.9 Å². The van der Waals surface area contributed by atoms with Crippen molar-refractivity contribution in [2.24, 2.45) is 17.4 Å². The Morgan fingerprint density at radius 1 is 0.960 bits per heavy atom. The second-order valence-electron chi connectivity index (χ2n) is 12.7. The number of rotatable bonds is 17. The van der Waals surface area contributed by atoms with Gasteiger partial charge in [0, 0.05) is 42.8 Å². The second kappa shape index (κ2) is 18.5. The first-order valence-electron chi connectivity index (χ1n) is 16.8. The fraction of sp³-hybridized carbons (Fsp3) is 0.545. The first-order chi connectivity index (χ1) is 23.7. The lowest BCUT2D eigenvalue weighted by molar-refractivity contribution is -0.142. The van der Waals surface area contributed by atoms with Crippen LogP contribution in [-0.2, 0) is 19.2 Å². The lowest BCUT2D eigenvalue weighted by atomic mass is 10.0. The van der Waals surface area contributed by atoms with Gasteiger partial charge in [-0.3, -0.25) is 30.0 Å². The minimum absolute atomic E-state index is 0.166. The quantitative estimate of drug-likeness (QED) is 0.0446. The fourth-order valence-electron chi connectivity index (χ4n) is 5.91. The average molecular weight is 698 g/mol. The molecule has 4 atom stereocenters. The highest BCUT2D eigenvalue weighted by atomic mass is 16.4. The number of hydrogen-bond acceptors (Lipinski definition) is 9. The van der Waals surface area contributed by atoms with Crippen LogP contribution in [0.3, 0.4) is 0 Å². The summed E-state index contributed by atoms with van der Waals surface area (Å²) in [6.07, 6.45) is 2.51. The Morgan fingerprint density at radius 2 is 1.60 bits per heavy atom. The molecule has 2 heterocycles. The van der Waals surface area contributed by atoms with Crippen LogP contribution in [0.15, 0.2) is 33.5 Å². The first-order valence-corrected chi connectivity index (χ1v) is 16.8. The van der Waals surface area contributed by atoms with Gasteiger partial charge < -0.3 is 52.7 Å². The summed E-state index contributed by atoms with van der Waals surface area (Å²) in [4.78, 5) is 67.7. The van der Waals surface area contributed by atoms with Crippen molar-refractivity contribution in [1.82, 2.24) is 31.5 Å². The maximum Gasteiger partial charge on any atom is 0.336 e. The van der Waals surface area contributed by atoms with E-state index in [4.69, 9.17) is 26.7 Å². The Morgan fingerprint density at radius 3 is 2.20 bits per heavy atom. The Hall–Kier alpha value is -5.19. The predicted molar refractivity (Wildman–Crippen MR) is 190 cm³/mol. The van der Waals surface area contributed by atoms with Crippen molar-refractivity contribution in [2.45, 2.75) is 83.5 Å². The molecule has 1 aliphatic rings. The second-order valence-corrected chi connectivity index (χ2v) is 12.7.